The van der Waals surface area contributed by atoms with Crippen molar-refractivity contribution in [3.63, 3.8) is 0 Å². The summed E-state index contributed by atoms with van der Waals surface area (Å²) in [4.78, 5) is 17.7. The number of nitrogens with zero attached hydrogens (tertiary/aromatic N) is 2. The van der Waals surface area contributed by atoms with Crippen molar-refractivity contribution in [1.29, 1.82) is 0 Å². The van der Waals surface area contributed by atoms with E-state index >= 15 is 0 Å². The first-order valence-electron chi connectivity index (χ1n) is 11.3. The van der Waals surface area contributed by atoms with Gasteiger partial charge in [-0.2, -0.15) is 0 Å². The lowest BCUT2D eigenvalue weighted by atomic mass is 10.0. The molecule has 2 aliphatic heterocycles. The van der Waals surface area contributed by atoms with Crippen LogP contribution in [0.25, 0.3) is 6.08 Å². The van der Waals surface area contributed by atoms with Gasteiger partial charge in [-0.3, -0.25) is 9.69 Å². The Morgan fingerprint density at radius 1 is 1.17 bits per heavy atom. The molecular formula is C24H38N4O. The second-order valence-corrected chi connectivity index (χ2v) is 8.75. The van der Waals surface area contributed by atoms with Crippen molar-refractivity contribution in [2.45, 2.75) is 64.2 Å². The normalized spacial score (nSPS) is 24.6. The molecule has 0 saturated carbocycles. The van der Waals surface area contributed by atoms with Gasteiger partial charge >= 0.3 is 0 Å². The van der Waals surface area contributed by atoms with Crippen molar-refractivity contribution in [1.82, 2.24) is 20.4 Å². The topological polar surface area (TPSA) is 47.6 Å². The summed E-state index contributed by atoms with van der Waals surface area (Å²) in [5.74, 6) is 0.165. The first-order chi connectivity index (χ1) is 14.0. The van der Waals surface area contributed by atoms with Gasteiger partial charge in [0.1, 0.15) is 0 Å². The van der Waals surface area contributed by atoms with Crippen LogP contribution in [0.5, 0.6) is 0 Å². The van der Waals surface area contributed by atoms with E-state index in [9.17, 15) is 4.79 Å². The third kappa shape index (κ3) is 6.66. The fourth-order valence-electron chi connectivity index (χ4n) is 4.52. The predicted molar refractivity (Wildman–Crippen MR) is 121 cm³/mol. The van der Waals surface area contributed by atoms with Crippen LogP contribution in [0, 0.1) is 0 Å². The van der Waals surface area contributed by atoms with Gasteiger partial charge < -0.3 is 15.5 Å². The smallest absolute Gasteiger partial charge is 0.237 e. The Labute approximate surface area is 176 Å². The molecule has 29 heavy (non-hydrogen) atoms. The second-order valence-electron chi connectivity index (χ2n) is 8.75. The molecule has 2 atom stereocenters. The third-order valence-electron chi connectivity index (χ3n) is 6.09. The minimum atomic E-state index is -0.0499. The van der Waals surface area contributed by atoms with Crippen LogP contribution in [0.1, 0.15) is 45.6 Å². The number of carbonyl (C=O) groups is 1. The summed E-state index contributed by atoms with van der Waals surface area (Å²) < 4.78 is 0. The molecule has 2 N–H and O–H groups in total. The highest BCUT2D eigenvalue weighted by molar-refractivity contribution is 5.82. The van der Waals surface area contributed by atoms with Crippen LogP contribution in [0.4, 0.5) is 0 Å². The van der Waals surface area contributed by atoms with Crippen LogP contribution in [-0.4, -0.2) is 72.6 Å². The van der Waals surface area contributed by atoms with Gasteiger partial charge in [0.2, 0.25) is 5.91 Å². The average molecular weight is 399 g/mol. The van der Waals surface area contributed by atoms with Crippen molar-refractivity contribution in [3.05, 3.63) is 42.0 Å². The highest BCUT2D eigenvalue weighted by Crippen LogP contribution is 2.21. The molecule has 2 aliphatic rings. The molecule has 0 aliphatic carbocycles. The summed E-state index contributed by atoms with van der Waals surface area (Å²) in [7, 11) is 0. The van der Waals surface area contributed by atoms with Gasteiger partial charge in [-0.05, 0) is 58.3 Å². The van der Waals surface area contributed by atoms with E-state index in [2.05, 4.69) is 63.8 Å². The zero-order valence-corrected chi connectivity index (χ0v) is 18.3. The zero-order chi connectivity index (χ0) is 20.6. The summed E-state index contributed by atoms with van der Waals surface area (Å²) in [6.07, 6.45) is 7.65. The number of piperidine rings is 1. The predicted octanol–water partition coefficient (Wildman–Crippen LogP) is 2.74. The Morgan fingerprint density at radius 2 is 1.90 bits per heavy atom. The average Bonchev–Trinajstić information content (AvgIpc) is 3.11. The molecule has 1 amide bonds. The number of hydrogen-bond acceptors (Lipinski definition) is 4. The quantitative estimate of drug-likeness (QED) is 0.707. The standard InChI is InChI=1S/C24H38N4O/c1-4-27-15-12-21(13-16-27)26-22-17-23(24(29)25-19(2)3)28(18-22)14-8-11-20-9-6-5-7-10-20/h5-11,19,21-23,26H,4,12-18H2,1-3H3,(H,25,29)/t22-,23-/m0/s1. The van der Waals surface area contributed by atoms with E-state index in [4.69, 9.17) is 0 Å². The SMILES string of the molecule is CCN1CCC(N[C@H]2C[C@@H](C(=O)NC(C)C)N(CC=Cc3ccccc3)C2)CC1. The van der Waals surface area contributed by atoms with Gasteiger partial charge in [-0.25, -0.2) is 0 Å². The lowest BCUT2D eigenvalue weighted by Gasteiger charge is -2.33. The lowest BCUT2D eigenvalue weighted by molar-refractivity contribution is -0.125. The molecule has 5 nitrogen and oxygen atoms in total. The second kappa shape index (κ2) is 10.9. The zero-order valence-electron chi connectivity index (χ0n) is 18.3. The molecule has 0 unspecified atom stereocenters. The van der Waals surface area contributed by atoms with E-state index in [0.29, 0.717) is 12.1 Å². The molecule has 0 bridgehead atoms. The molecule has 2 saturated heterocycles. The Bertz CT molecular complexity index is 652. The van der Waals surface area contributed by atoms with Gasteiger partial charge in [0.05, 0.1) is 6.04 Å². The maximum Gasteiger partial charge on any atom is 0.237 e. The number of amides is 1. The van der Waals surface area contributed by atoms with E-state index in [1.54, 1.807) is 0 Å². The summed E-state index contributed by atoms with van der Waals surface area (Å²) in [6.45, 7) is 11.6. The number of rotatable bonds is 8. The summed E-state index contributed by atoms with van der Waals surface area (Å²) >= 11 is 0. The van der Waals surface area contributed by atoms with E-state index < -0.39 is 0 Å². The van der Waals surface area contributed by atoms with Crippen molar-refractivity contribution in [2.24, 2.45) is 0 Å². The van der Waals surface area contributed by atoms with Crippen LogP contribution in [-0.2, 0) is 4.79 Å². The van der Waals surface area contributed by atoms with E-state index in [-0.39, 0.29) is 18.0 Å². The van der Waals surface area contributed by atoms with Crippen LogP contribution < -0.4 is 10.6 Å². The van der Waals surface area contributed by atoms with Crippen molar-refractivity contribution in [2.75, 3.05) is 32.7 Å². The van der Waals surface area contributed by atoms with E-state index in [1.807, 2.05) is 19.9 Å². The van der Waals surface area contributed by atoms with Crippen molar-refractivity contribution in [3.8, 4) is 0 Å². The van der Waals surface area contributed by atoms with Crippen LogP contribution in [0.3, 0.4) is 0 Å². The summed E-state index contributed by atoms with van der Waals surface area (Å²) in [6, 6.07) is 11.5. The largest absolute Gasteiger partial charge is 0.353 e. The van der Waals surface area contributed by atoms with Gasteiger partial charge in [0.25, 0.3) is 0 Å². The van der Waals surface area contributed by atoms with E-state index in [0.717, 1.165) is 26.1 Å². The number of carbonyl (C=O) groups excluding carboxylic acids is 1. The number of hydrogen-bond donors (Lipinski definition) is 2. The maximum absolute atomic E-state index is 12.8. The molecule has 5 heteroatoms. The first kappa shape index (κ1) is 22.0. The molecule has 1 aromatic rings. The highest BCUT2D eigenvalue weighted by Gasteiger charge is 2.37. The molecule has 3 rings (SSSR count). The Kier molecular flexibility index (Phi) is 8.28. The van der Waals surface area contributed by atoms with Crippen molar-refractivity contribution < 1.29 is 4.79 Å². The molecule has 1 aromatic carbocycles. The van der Waals surface area contributed by atoms with Gasteiger partial charge in [0, 0.05) is 31.2 Å². The van der Waals surface area contributed by atoms with Gasteiger partial charge in [-0.1, -0.05) is 49.4 Å². The summed E-state index contributed by atoms with van der Waals surface area (Å²) in [5.41, 5.74) is 1.20. The number of benzene rings is 1. The molecule has 0 radical (unpaired) electrons. The highest BCUT2D eigenvalue weighted by atomic mass is 16.2. The fraction of sp³-hybridized carbons (Fsp3) is 0.625. The molecular weight excluding hydrogens is 360 g/mol. The van der Waals surface area contributed by atoms with Crippen LogP contribution in [0.15, 0.2) is 36.4 Å². The Morgan fingerprint density at radius 3 is 2.55 bits per heavy atom. The van der Waals surface area contributed by atoms with Gasteiger partial charge in [0.15, 0.2) is 0 Å². The van der Waals surface area contributed by atoms with Crippen molar-refractivity contribution >= 4 is 12.0 Å². The minimum Gasteiger partial charge on any atom is -0.353 e. The first-order valence-corrected chi connectivity index (χ1v) is 11.3. The lowest BCUT2D eigenvalue weighted by Crippen LogP contribution is -2.46. The molecule has 0 spiro atoms. The monoisotopic (exact) mass is 398 g/mol. The fourth-order valence-corrected chi connectivity index (χ4v) is 4.52. The molecule has 160 valence electrons. The number of likely N-dealkylation sites (tertiary alicyclic amines) is 2. The Balaban J connectivity index is 1.58. The summed E-state index contributed by atoms with van der Waals surface area (Å²) in [5, 5.41) is 6.99. The Hall–Kier alpha value is -1.69. The maximum atomic E-state index is 12.8. The van der Waals surface area contributed by atoms with Gasteiger partial charge in [-0.15, -0.1) is 0 Å². The van der Waals surface area contributed by atoms with Crippen LogP contribution >= 0.6 is 0 Å². The number of nitrogens with one attached hydrogen (secondary N) is 2. The molecule has 2 heterocycles. The van der Waals surface area contributed by atoms with E-state index in [1.165, 1.54) is 31.5 Å². The van der Waals surface area contributed by atoms with Crippen LogP contribution in [0.2, 0.25) is 0 Å². The minimum absolute atomic E-state index is 0.0499. The molecule has 2 fully saturated rings. The molecule has 0 aromatic heterocycles. The third-order valence-corrected chi connectivity index (χ3v) is 6.09.